The second-order valence-corrected chi connectivity index (χ2v) is 7.30. The fourth-order valence-electron chi connectivity index (χ4n) is 3.33. The van der Waals surface area contributed by atoms with Crippen LogP contribution in [0, 0.1) is 5.92 Å². The van der Waals surface area contributed by atoms with Crippen LogP contribution in [-0.2, 0) is 4.79 Å². The molecule has 2 heterocycles. The van der Waals surface area contributed by atoms with Gasteiger partial charge in [-0.05, 0) is 49.2 Å². The number of carbonyl (C=O) groups is 2. The van der Waals surface area contributed by atoms with Gasteiger partial charge in [0.05, 0.1) is 5.92 Å². The molecule has 1 atom stereocenters. The molecule has 0 bridgehead atoms. The number of hydrogen-bond acceptors (Lipinski definition) is 5. The number of hydrogen-bond donors (Lipinski definition) is 1. The van der Waals surface area contributed by atoms with Gasteiger partial charge >= 0.3 is 6.01 Å². The summed E-state index contributed by atoms with van der Waals surface area (Å²) in [4.78, 5) is 27.1. The molecule has 4 rings (SSSR count). The van der Waals surface area contributed by atoms with Crippen molar-refractivity contribution in [2.45, 2.75) is 12.8 Å². The minimum Gasteiger partial charge on any atom is -0.403 e. The zero-order valence-corrected chi connectivity index (χ0v) is 16.3. The van der Waals surface area contributed by atoms with Gasteiger partial charge < -0.3 is 9.32 Å². The van der Waals surface area contributed by atoms with Crippen LogP contribution >= 0.6 is 11.6 Å². The third-order valence-corrected chi connectivity index (χ3v) is 5.10. The molecular formula is C21H19ClN4O3. The molecule has 1 aliphatic rings. The second-order valence-electron chi connectivity index (χ2n) is 6.86. The molecule has 0 aliphatic carbocycles. The highest BCUT2D eigenvalue weighted by molar-refractivity contribution is 6.30. The molecule has 7 nitrogen and oxygen atoms in total. The zero-order chi connectivity index (χ0) is 20.2. The summed E-state index contributed by atoms with van der Waals surface area (Å²) in [5.41, 5.74) is 1.33. The average Bonchev–Trinajstić information content (AvgIpc) is 3.23. The molecular weight excluding hydrogens is 392 g/mol. The van der Waals surface area contributed by atoms with E-state index in [4.69, 9.17) is 16.0 Å². The van der Waals surface area contributed by atoms with Crippen LogP contribution in [0.15, 0.2) is 59.0 Å². The van der Waals surface area contributed by atoms with Gasteiger partial charge in [-0.15, -0.1) is 5.10 Å². The molecule has 3 aromatic rings. The molecule has 0 spiro atoms. The second kappa shape index (κ2) is 8.45. The zero-order valence-electron chi connectivity index (χ0n) is 15.5. The van der Waals surface area contributed by atoms with Gasteiger partial charge in [0.25, 0.3) is 5.91 Å². The van der Waals surface area contributed by atoms with Gasteiger partial charge in [-0.1, -0.05) is 34.9 Å². The lowest BCUT2D eigenvalue weighted by Gasteiger charge is -2.31. The summed E-state index contributed by atoms with van der Waals surface area (Å²) in [5, 5.41) is 11.1. The van der Waals surface area contributed by atoms with Crippen LogP contribution in [0.1, 0.15) is 23.2 Å². The highest BCUT2D eigenvalue weighted by Crippen LogP contribution is 2.23. The van der Waals surface area contributed by atoms with Gasteiger partial charge in [-0.25, -0.2) is 0 Å². The standard InChI is InChI=1S/C21H19ClN4O3/c22-17-10-8-15(9-11-17)20(28)26-12-4-7-16(13-26)18(27)23-21-25-24-19(29-21)14-5-2-1-3-6-14/h1-3,5-6,8-11,16H,4,7,12-13H2,(H,23,25,27)/t16-/m1/s1. The first-order valence-electron chi connectivity index (χ1n) is 9.35. The predicted octanol–water partition coefficient (Wildman–Crippen LogP) is 3.88. The number of benzene rings is 2. The minimum absolute atomic E-state index is 0.0509. The summed E-state index contributed by atoms with van der Waals surface area (Å²) in [6.07, 6.45) is 1.44. The van der Waals surface area contributed by atoms with Gasteiger partial charge in [0, 0.05) is 29.2 Å². The third kappa shape index (κ3) is 4.46. The molecule has 1 saturated heterocycles. The Morgan fingerprint density at radius 2 is 1.83 bits per heavy atom. The summed E-state index contributed by atoms with van der Waals surface area (Å²) in [7, 11) is 0. The summed E-state index contributed by atoms with van der Waals surface area (Å²) < 4.78 is 5.54. The van der Waals surface area contributed by atoms with Gasteiger partial charge in [-0.3, -0.25) is 14.9 Å². The van der Waals surface area contributed by atoms with Crippen molar-refractivity contribution in [2.75, 3.05) is 18.4 Å². The molecule has 1 N–H and O–H groups in total. The summed E-state index contributed by atoms with van der Waals surface area (Å²) in [5.74, 6) is -0.346. The maximum absolute atomic E-state index is 12.7. The van der Waals surface area contributed by atoms with Gasteiger partial charge in [0.1, 0.15) is 0 Å². The van der Waals surface area contributed by atoms with E-state index in [2.05, 4.69) is 15.5 Å². The van der Waals surface area contributed by atoms with E-state index in [-0.39, 0.29) is 23.7 Å². The Morgan fingerprint density at radius 1 is 1.07 bits per heavy atom. The van der Waals surface area contributed by atoms with Gasteiger partial charge in [-0.2, -0.15) is 0 Å². The first-order chi connectivity index (χ1) is 14.1. The monoisotopic (exact) mass is 410 g/mol. The lowest BCUT2D eigenvalue weighted by molar-refractivity contribution is -0.121. The van der Waals surface area contributed by atoms with Crippen molar-refractivity contribution in [3.63, 3.8) is 0 Å². The number of piperidine rings is 1. The van der Waals surface area contributed by atoms with Crippen molar-refractivity contribution < 1.29 is 14.0 Å². The molecule has 0 unspecified atom stereocenters. The molecule has 2 amide bonds. The lowest BCUT2D eigenvalue weighted by atomic mass is 9.96. The summed E-state index contributed by atoms with van der Waals surface area (Å²) >= 11 is 5.89. The van der Waals surface area contributed by atoms with Crippen molar-refractivity contribution >= 4 is 29.4 Å². The van der Waals surface area contributed by atoms with E-state index in [9.17, 15) is 9.59 Å². The molecule has 0 radical (unpaired) electrons. The highest BCUT2D eigenvalue weighted by Gasteiger charge is 2.29. The Hall–Kier alpha value is -3.19. The quantitative estimate of drug-likeness (QED) is 0.705. The maximum Gasteiger partial charge on any atom is 0.322 e. The van der Waals surface area contributed by atoms with E-state index >= 15 is 0 Å². The number of aromatic nitrogens is 2. The van der Waals surface area contributed by atoms with Crippen LogP contribution in [0.25, 0.3) is 11.5 Å². The number of halogens is 1. The number of rotatable bonds is 4. The van der Waals surface area contributed by atoms with E-state index in [1.54, 1.807) is 29.2 Å². The van der Waals surface area contributed by atoms with Crippen LogP contribution in [0.3, 0.4) is 0 Å². The first kappa shape index (κ1) is 19.1. The Bertz CT molecular complexity index is 1000. The van der Waals surface area contributed by atoms with Crippen LogP contribution in [0.2, 0.25) is 5.02 Å². The SMILES string of the molecule is O=C(Nc1nnc(-c2ccccc2)o1)[C@@H]1CCCN(C(=O)c2ccc(Cl)cc2)C1. The van der Waals surface area contributed by atoms with Crippen molar-refractivity contribution in [1.82, 2.24) is 15.1 Å². The smallest absolute Gasteiger partial charge is 0.322 e. The number of nitrogens with zero attached hydrogens (tertiary/aromatic N) is 3. The van der Waals surface area contributed by atoms with Crippen LogP contribution in [0.4, 0.5) is 6.01 Å². The first-order valence-corrected chi connectivity index (χ1v) is 9.72. The van der Waals surface area contributed by atoms with Crippen molar-refractivity contribution in [2.24, 2.45) is 5.92 Å². The molecule has 1 fully saturated rings. The highest BCUT2D eigenvalue weighted by atomic mass is 35.5. The van der Waals surface area contributed by atoms with Crippen LogP contribution in [0.5, 0.6) is 0 Å². The molecule has 0 saturated carbocycles. The Morgan fingerprint density at radius 3 is 2.59 bits per heavy atom. The van der Waals surface area contributed by atoms with Crippen LogP contribution < -0.4 is 5.32 Å². The van der Waals surface area contributed by atoms with Gasteiger partial charge in [0.2, 0.25) is 11.8 Å². The third-order valence-electron chi connectivity index (χ3n) is 4.85. The van der Waals surface area contributed by atoms with E-state index < -0.39 is 0 Å². The van der Waals surface area contributed by atoms with E-state index in [1.165, 1.54) is 0 Å². The summed E-state index contributed by atoms with van der Waals surface area (Å²) in [6.45, 7) is 0.955. The van der Waals surface area contributed by atoms with Gasteiger partial charge in [0.15, 0.2) is 0 Å². The number of nitrogens with one attached hydrogen (secondary N) is 1. The van der Waals surface area contributed by atoms with Crippen LogP contribution in [-0.4, -0.2) is 40.0 Å². The topological polar surface area (TPSA) is 88.3 Å². The van der Waals surface area contributed by atoms with E-state index in [0.717, 1.165) is 12.0 Å². The maximum atomic E-state index is 12.7. The number of carbonyl (C=O) groups excluding carboxylic acids is 2. The Labute approximate surface area is 172 Å². The van der Waals surface area contributed by atoms with Crippen molar-refractivity contribution in [3.05, 3.63) is 65.2 Å². The predicted molar refractivity (Wildman–Crippen MR) is 108 cm³/mol. The molecule has 2 aromatic carbocycles. The van der Waals surface area contributed by atoms with E-state index in [0.29, 0.717) is 36.0 Å². The Kier molecular flexibility index (Phi) is 5.57. The molecule has 8 heteroatoms. The normalized spacial score (nSPS) is 16.4. The molecule has 1 aromatic heterocycles. The average molecular weight is 411 g/mol. The number of amides is 2. The van der Waals surface area contributed by atoms with E-state index in [1.807, 2.05) is 30.3 Å². The summed E-state index contributed by atoms with van der Waals surface area (Å²) in [6, 6.07) is 16.1. The van der Waals surface area contributed by atoms with Crippen molar-refractivity contribution in [3.8, 4) is 11.5 Å². The largest absolute Gasteiger partial charge is 0.403 e. The number of anilines is 1. The van der Waals surface area contributed by atoms with Crippen molar-refractivity contribution in [1.29, 1.82) is 0 Å². The fourth-order valence-corrected chi connectivity index (χ4v) is 3.46. The lowest BCUT2D eigenvalue weighted by Crippen LogP contribution is -2.43. The molecule has 1 aliphatic heterocycles. The molecule has 29 heavy (non-hydrogen) atoms. The molecule has 148 valence electrons. The number of likely N-dealkylation sites (tertiary alicyclic amines) is 1. The minimum atomic E-state index is -0.341. The Balaban J connectivity index is 1.39. The fraction of sp³-hybridized carbons (Fsp3) is 0.238.